The van der Waals surface area contributed by atoms with Crippen molar-refractivity contribution in [2.75, 3.05) is 5.43 Å². The number of allylic oxidation sites excluding steroid dienone is 1. The van der Waals surface area contributed by atoms with Crippen molar-refractivity contribution in [3.63, 3.8) is 0 Å². The minimum atomic E-state index is 0.638. The van der Waals surface area contributed by atoms with Crippen LogP contribution in [-0.2, 0) is 0 Å². The maximum absolute atomic E-state index is 4.48. The van der Waals surface area contributed by atoms with E-state index in [1.165, 1.54) is 0 Å². The van der Waals surface area contributed by atoms with Crippen molar-refractivity contribution >= 4 is 50.5 Å². The number of fused-ring (bicyclic) bond motifs is 3. The Hall–Kier alpha value is -3.06. The predicted molar refractivity (Wildman–Crippen MR) is 104 cm³/mol. The van der Waals surface area contributed by atoms with Crippen LogP contribution in [-0.4, -0.2) is 26.0 Å². The molecule has 0 saturated carbocycles. The van der Waals surface area contributed by atoms with Crippen molar-refractivity contribution < 1.29 is 0 Å². The number of anilines is 1. The predicted octanol–water partition coefficient (Wildman–Crippen LogP) is 4.11. The van der Waals surface area contributed by atoms with Gasteiger partial charge in [-0.3, -0.25) is 5.43 Å². The van der Waals surface area contributed by atoms with Gasteiger partial charge in [-0.15, -0.1) is 15.3 Å². The van der Waals surface area contributed by atoms with Crippen molar-refractivity contribution in [2.24, 2.45) is 5.10 Å². The summed E-state index contributed by atoms with van der Waals surface area (Å²) >= 11 is 3.50. The van der Waals surface area contributed by atoms with E-state index in [1.54, 1.807) is 17.1 Å². The van der Waals surface area contributed by atoms with Crippen LogP contribution in [0.4, 0.5) is 5.82 Å². The zero-order valence-corrected chi connectivity index (χ0v) is 14.6. The minimum absolute atomic E-state index is 0.638. The summed E-state index contributed by atoms with van der Waals surface area (Å²) in [5.74, 6) is 0.638. The van der Waals surface area contributed by atoms with Gasteiger partial charge < -0.3 is 0 Å². The molecule has 0 unspecified atom stereocenters. The number of aromatic nitrogens is 4. The number of rotatable bonds is 4. The quantitative estimate of drug-likeness (QED) is 0.419. The summed E-state index contributed by atoms with van der Waals surface area (Å²) < 4.78 is 2.48. The number of hydrogen-bond acceptors (Lipinski definition) is 5. The van der Waals surface area contributed by atoms with E-state index in [-0.39, 0.29) is 0 Å². The van der Waals surface area contributed by atoms with Crippen LogP contribution in [0, 0.1) is 0 Å². The molecule has 6 nitrogen and oxygen atoms in total. The number of benzene rings is 2. The molecule has 0 aliphatic carbocycles. The van der Waals surface area contributed by atoms with Gasteiger partial charge in [0.1, 0.15) is 6.33 Å². The standard InChI is InChI=1S/C18H13BrN6/c19-14(10-13-6-2-1-3-7-13)11-20-22-17-15-8-4-5-9-16(15)18-23-21-12-25(18)24-17/h1-12H,(H,22,24)/b14-10-,20-11-. The molecule has 0 amide bonds. The molecular weight excluding hydrogens is 380 g/mol. The van der Waals surface area contributed by atoms with Crippen molar-refractivity contribution in [1.29, 1.82) is 0 Å². The Morgan fingerprint density at radius 2 is 1.80 bits per heavy atom. The Morgan fingerprint density at radius 1 is 1.04 bits per heavy atom. The van der Waals surface area contributed by atoms with Gasteiger partial charge in [-0.2, -0.15) is 9.62 Å². The fourth-order valence-electron chi connectivity index (χ4n) is 2.51. The first-order chi connectivity index (χ1) is 12.3. The molecule has 0 aliphatic heterocycles. The van der Waals surface area contributed by atoms with Gasteiger partial charge in [-0.1, -0.05) is 54.6 Å². The first-order valence-corrected chi connectivity index (χ1v) is 8.41. The van der Waals surface area contributed by atoms with E-state index in [1.807, 2.05) is 60.7 Å². The largest absolute Gasteiger partial charge is 0.259 e. The second kappa shape index (κ2) is 6.82. The summed E-state index contributed by atoms with van der Waals surface area (Å²) in [4.78, 5) is 0. The maximum Gasteiger partial charge on any atom is 0.185 e. The summed E-state index contributed by atoms with van der Waals surface area (Å²) in [5, 5.41) is 18.7. The SMILES string of the molecule is BrC(/C=N\Nc1nn2cnnc2c2ccccc12)=C\c1ccccc1. The van der Waals surface area contributed by atoms with Crippen molar-refractivity contribution in [1.82, 2.24) is 19.8 Å². The summed E-state index contributed by atoms with van der Waals surface area (Å²) in [6.45, 7) is 0. The molecule has 25 heavy (non-hydrogen) atoms. The fourth-order valence-corrected chi connectivity index (χ4v) is 2.88. The molecular formula is C18H13BrN6. The molecule has 122 valence electrons. The monoisotopic (exact) mass is 392 g/mol. The number of hydrazone groups is 1. The van der Waals surface area contributed by atoms with Gasteiger partial charge in [0.15, 0.2) is 11.5 Å². The van der Waals surface area contributed by atoms with E-state index in [9.17, 15) is 0 Å². The first kappa shape index (κ1) is 15.5. The number of nitrogens with one attached hydrogen (secondary N) is 1. The summed E-state index contributed by atoms with van der Waals surface area (Å²) in [6.07, 6.45) is 5.25. The number of hydrogen-bond donors (Lipinski definition) is 1. The number of nitrogens with zero attached hydrogens (tertiary/aromatic N) is 5. The van der Waals surface area contributed by atoms with Crippen LogP contribution in [0.1, 0.15) is 5.56 Å². The van der Waals surface area contributed by atoms with E-state index < -0.39 is 0 Å². The fraction of sp³-hybridized carbons (Fsp3) is 0. The molecule has 2 aromatic carbocycles. The highest BCUT2D eigenvalue weighted by Gasteiger charge is 2.08. The topological polar surface area (TPSA) is 67.5 Å². The molecule has 0 saturated heterocycles. The first-order valence-electron chi connectivity index (χ1n) is 7.61. The molecule has 4 aromatic rings. The lowest BCUT2D eigenvalue weighted by molar-refractivity contribution is 0.934. The smallest absolute Gasteiger partial charge is 0.185 e. The average molecular weight is 393 g/mol. The minimum Gasteiger partial charge on any atom is -0.259 e. The van der Waals surface area contributed by atoms with Crippen molar-refractivity contribution in [3.05, 3.63) is 71.0 Å². The molecule has 1 N–H and O–H groups in total. The second-order valence-corrected chi connectivity index (χ2v) is 6.22. The van der Waals surface area contributed by atoms with Gasteiger partial charge in [0.25, 0.3) is 0 Å². The zero-order valence-electron chi connectivity index (χ0n) is 13.0. The van der Waals surface area contributed by atoms with Crippen LogP contribution in [0.2, 0.25) is 0 Å². The van der Waals surface area contributed by atoms with E-state index in [0.717, 1.165) is 26.5 Å². The van der Waals surface area contributed by atoms with Crippen LogP contribution >= 0.6 is 15.9 Å². The van der Waals surface area contributed by atoms with Crippen LogP contribution in [0.5, 0.6) is 0 Å². The lowest BCUT2D eigenvalue weighted by Gasteiger charge is -2.05. The van der Waals surface area contributed by atoms with E-state index in [2.05, 4.69) is 41.8 Å². The molecule has 0 aliphatic rings. The van der Waals surface area contributed by atoms with Crippen LogP contribution in [0.15, 0.2) is 70.5 Å². The second-order valence-electron chi connectivity index (χ2n) is 5.30. The summed E-state index contributed by atoms with van der Waals surface area (Å²) in [5.41, 5.74) is 4.81. The number of halogens is 1. The lowest BCUT2D eigenvalue weighted by atomic mass is 10.2. The molecule has 0 bridgehead atoms. The highest BCUT2D eigenvalue weighted by atomic mass is 79.9. The zero-order chi connectivity index (χ0) is 17.1. The Balaban J connectivity index is 1.63. The lowest BCUT2D eigenvalue weighted by Crippen LogP contribution is -2.00. The Bertz CT molecular complexity index is 1080. The average Bonchev–Trinajstić information content (AvgIpc) is 3.11. The third-order valence-corrected chi connectivity index (χ3v) is 4.06. The van der Waals surface area contributed by atoms with Gasteiger partial charge in [0.05, 0.1) is 6.21 Å². The third kappa shape index (κ3) is 3.27. The Morgan fingerprint density at radius 3 is 2.64 bits per heavy atom. The van der Waals surface area contributed by atoms with E-state index >= 15 is 0 Å². The third-order valence-electron chi connectivity index (χ3n) is 3.62. The molecule has 0 fully saturated rings. The molecule has 2 aromatic heterocycles. The molecule has 0 radical (unpaired) electrons. The highest BCUT2D eigenvalue weighted by molar-refractivity contribution is 9.12. The summed E-state index contributed by atoms with van der Waals surface area (Å²) in [6, 6.07) is 17.9. The van der Waals surface area contributed by atoms with Gasteiger partial charge >= 0.3 is 0 Å². The van der Waals surface area contributed by atoms with Crippen molar-refractivity contribution in [2.45, 2.75) is 0 Å². The molecule has 2 heterocycles. The summed E-state index contributed by atoms with van der Waals surface area (Å²) in [7, 11) is 0. The molecule has 7 heteroatoms. The Kier molecular flexibility index (Phi) is 4.22. The van der Waals surface area contributed by atoms with Gasteiger partial charge in [-0.25, -0.2) is 0 Å². The highest BCUT2D eigenvalue weighted by Crippen LogP contribution is 2.23. The van der Waals surface area contributed by atoms with Gasteiger partial charge in [0.2, 0.25) is 0 Å². The van der Waals surface area contributed by atoms with Gasteiger partial charge in [-0.05, 0) is 27.6 Å². The van der Waals surface area contributed by atoms with Crippen LogP contribution < -0.4 is 5.43 Å². The molecule has 0 spiro atoms. The van der Waals surface area contributed by atoms with Gasteiger partial charge in [0, 0.05) is 15.3 Å². The van der Waals surface area contributed by atoms with Crippen LogP contribution in [0.3, 0.4) is 0 Å². The molecule has 0 atom stereocenters. The van der Waals surface area contributed by atoms with Crippen LogP contribution in [0.25, 0.3) is 22.5 Å². The van der Waals surface area contributed by atoms with Crippen molar-refractivity contribution in [3.8, 4) is 0 Å². The Labute approximate surface area is 152 Å². The van der Waals surface area contributed by atoms with E-state index in [4.69, 9.17) is 0 Å². The maximum atomic E-state index is 4.48. The molecule has 4 rings (SSSR count). The van der Waals surface area contributed by atoms with E-state index in [0.29, 0.717) is 5.82 Å². The normalized spacial score (nSPS) is 12.3.